The number of hydrogen-bond acceptors (Lipinski definition) is 4. The van der Waals surface area contributed by atoms with Crippen LogP contribution in [0.25, 0.3) is 11.1 Å². The number of benzene rings is 2. The van der Waals surface area contributed by atoms with Crippen molar-refractivity contribution in [1.29, 1.82) is 0 Å². The van der Waals surface area contributed by atoms with Crippen molar-refractivity contribution in [3.8, 4) is 11.1 Å². The molecule has 0 bridgehead atoms. The zero-order chi connectivity index (χ0) is 22.6. The van der Waals surface area contributed by atoms with Crippen molar-refractivity contribution < 1.29 is 22.9 Å². The molecule has 0 aliphatic heterocycles. The fourth-order valence-corrected chi connectivity index (χ4v) is 4.01. The number of ether oxygens (including phenoxy) is 1. The highest BCUT2D eigenvalue weighted by Gasteiger charge is 2.33. The maximum Gasteiger partial charge on any atom is 0.307 e. The highest BCUT2D eigenvalue weighted by molar-refractivity contribution is 7.90. The predicted octanol–water partition coefficient (Wildman–Crippen LogP) is 5.29. The summed E-state index contributed by atoms with van der Waals surface area (Å²) in [5.74, 6) is -2.68. The number of aryl methyl sites for hydroxylation is 2. The van der Waals surface area contributed by atoms with Crippen LogP contribution in [0.3, 0.4) is 0 Å². The van der Waals surface area contributed by atoms with E-state index in [4.69, 9.17) is 4.74 Å². The molecule has 0 radical (unpaired) electrons. The standard InChI is InChI=1S/C23H29F2NO3S/c1-7-29-20(27)13-19(26-30(28)23(4,5)6)17-11-16(12-18(24)22(17)25)21-14(2)9-8-10-15(21)3/h8-12,19,26H,7,13H2,1-6H3/t19-,30+/m0/s1. The third-order valence-corrected chi connectivity index (χ3v) is 6.29. The molecule has 0 saturated heterocycles. The summed E-state index contributed by atoms with van der Waals surface area (Å²) in [6.07, 6.45) is -0.276. The normalized spacial score (nSPS) is 13.8. The summed E-state index contributed by atoms with van der Waals surface area (Å²) in [6.45, 7) is 10.9. The van der Waals surface area contributed by atoms with Gasteiger partial charge in [0.25, 0.3) is 0 Å². The number of hydrogen-bond donors (Lipinski definition) is 1. The molecule has 2 aromatic rings. The molecule has 0 fully saturated rings. The lowest BCUT2D eigenvalue weighted by atomic mass is 9.92. The molecular formula is C23H29F2NO3S. The third-order valence-electron chi connectivity index (χ3n) is 4.68. The van der Waals surface area contributed by atoms with E-state index in [9.17, 15) is 18.1 Å². The van der Waals surface area contributed by atoms with Gasteiger partial charge in [0.2, 0.25) is 0 Å². The van der Waals surface area contributed by atoms with E-state index in [0.717, 1.165) is 22.8 Å². The molecule has 0 aliphatic rings. The molecule has 0 unspecified atom stereocenters. The summed E-state index contributed by atoms with van der Waals surface area (Å²) in [5, 5.41) is 0. The molecule has 2 aromatic carbocycles. The summed E-state index contributed by atoms with van der Waals surface area (Å²) in [5.41, 5.74) is 3.07. The number of rotatable bonds is 7. The molecule has 7 heteroatoms. The van der Waals surface area contributed by atoms with Crippen molar-refractivity contribution in [2.75, 3.05) is 6.61 Å². The van der Waals surface area contributed by atoms with Crippen LogP contribution in [0, 0.1) is 25.5 Å². The smallest absolute Gasteiger partial charge is 0.307 e. The molecule has 4 nitrogen and oxygen atoms in total. The van der Waals surface area contributed by atoms with Gasteiger partial charge in [0.15, 0.2) is 11.6 Å². The van der Waals surface area contributed by atoms with Gasteiger partial charge in [-0.15, -0.1) is 4.72 Å². The van der Waals surface area contributed by atoms with Gasteiger partial charge in [0.1, 0.15) is 4.75 Å². The quantitative estimate of drug-likeness (QED) is 0.472. The zero-order valence-electron chi connectivity index (χ0n) is 18.3. The van der Waals surface area contributed by atoms with Crippen molar-refractivity contribution in [2.45, 2.75) is 58.8 Å². The molecule has 0 aromatic heterocycles. The Balaban J connectivity index is 2.58. The van der Waals surface area contributed by atoms with Crippen LogP contribution in [0.15, 0.2) is 30.3 Å². The summed E-state index contributed by atoms with van der Waals surface area (Å²) < 4.78 is 49.3. The topological polar surface area (TPSA) is 61.4 Å². The van der Waals surface area contributed by atoms with E-state index < -0.39 is 39.8 Å². The molecule has 2 rings (SSSR count). The van der Waals surface area contributed by atoms with Crippen LogP contribution in [0.5, 0.6) is 0 Å². The Bertz CT molecular complexity index is 892. The molecule has 0 spiro atoms. The summed E-state index contributed by atoms with van der Waals surface area (Å²) in [7, 11) is 0. The Labute approximate surface area is 180 Å². The fraction of sp³-hybridized carbons (Fsp3) is 0.435. The Kier molecular flexibility index (Phi) is 8.02. The second-order valence-electron chi connectivity index (χ2n) is 8.19. The molecule has 30 heavy (non-hydrogen) atoms. The number of carbonyl (C=O) groups is 1. The first-order valence-electron chi connectivity index (χ1n) is 9.84. The lowest BCUT2D eigenvalue weighted by Gasteiger charge is -2.28. The van der Waals surface area contributed by atoms with Crippen LogP contribution in [-0.2, 0) is 20.9 Å². The Morgan fingerprint density at radius 2 is 1.80 bits per heavy atom. The zero-order valence-corrected chi connectivity index (χ0v) is 19.1. The summed E-state index contributed by atoms with van der Waals surface area (Å²) in [4.78, 5) is 12.1. The van der Waals surface area contributed by atoms with Crippen LogP contribution in [0.4, 0.5) is 8.78 Å². The first-order chi connectivity index (χ1) is 14.0. The maximum atomic E-state index is 14.9. The van der Waals surface area contributed by atoms with Gasteiger partial charge in [-0.05, 0) is 75.9 Å². The Hall–Kier alpha value is -1.96. The molecular weight excluding hydrogens is 408 g/mol. The second-order valence-corrected chi connectivity index (χ2v) is 10.2. The van der Waals surface area contributed by atoms with E-state index in [1.54, 1.807) is 27.7 Å². The van der Waals surface area contributed by atoms with E-state index in [0.29, 0.717) is 5.56 Å². The highest BCUT2D eigenvalue weighted by atomic mass is 32.2. The van der Waals surface area contributed by atoms with Crippen LogP contribution in [0.1, 0.15) is 56.8 Å². The van der Waals surface area contributed by atoms with E-state index in [1.807, 2.05) is 32.0 Å². The predicted molar refractivity (Wildman–Crippen MR) is 116 cm³/mol. The van der Waals surface area contributed by atoms with Gasteiger partial charge in [-0.2, -0.15) is 0 Å². The van der Waals surface area contributed by atoms with E-state index in [-0.39, 0.29) is 18.6 Å². The van der Waals surface area contributed by atoms with Gasteiger partial charge in [-0.25, -0.2) is 8.78 Å². The maximum absolute atomic E-state index is 14.9. The van der Waals surface area contributed by atoms with Gasteiger partial charge >= 0.3 is 5.97 Å². The summed E-state index contributed by atoms with van der Waals surface area (Å²) in [6, 6.07) is 7.34. The monoisotopic (exact) mass is 437 g/mol. The SMILES string of the molecule is CCOC(=O)C[C@H](N[S@+]([O-])C(C)(C)C)c1cc(-c2c(C)cccc2C)cc(F)c1F. The van der Waals surface area contributed by atoms with Gasteiger partial charge in [0.05, 0.1) is 19.1 Å². The van der Waals surface area contributed by atoms with Crippen molar-refractivity contribution in [3.63, 3.8) is 0 Å². The van der Waals surface area contributed by atoms with Gasteiger partial charge < -0.3 is 9.29 Å². The lowest BCUT2D eigenvalue weighted by molar-refractivity contribution is -0.143. The first kappa shape index (κ1) is 24.3. The Morgan fingerprint density at radius 1 is 1.20 bits per heavy atom. The molecule has 0 amide bonds. The van der Waals surface area contributed by atoms with Gasteiger partial charge in [0, 0.05) is 16.9 Å². The second kappa shape index (κ2) is 9.90. The number of nitrogens with one attached hydrogen (secondary N) is 1. The Morgan fingerprint density at radius 3 is 2.33 bits per heavy atom. The van der Waals surface area contributed by atoms with E-state index in [2.05, 4.69) is 4.72 Å². The van der Waals surface area contributed by atoms with Gasteiger partial charge in [-0.1, -0.05) is 18.2 Å². The average molecular weight is 438 g/mol. The molecule has 2 atom stereocenters. The lowest BCUT2D eigenvalue weighted by Crippen LogP contribution is -2.42. The largest absolute Gasteiger partial charge is 0.598 e. The van der Waals surface area contributed by atoms with E-state index in [1.165, 1.54) is 6.07 Å². The minimum absolute atomic E-state index is 0.0571. The summed E-state index contributed by atoms with van der Waals surface area (Å²) >= 11 is -1.61. The number of esters is 1. The van der Waals surface area contributed by atoms with Crippen LogP contribution >= 0.6 is 0 Å². The molecule has 0 saturated carbocycles. The van der Waals surface area contributed by atoms with Crippen LogP contribution in [0.2, 0.25) is 0 Å². The highest BCUT2D eigenvalue weighted by Crippen LogP contribution is 2.33. The molecule has 164 valence electrons. The number of halogens is 2. The minimum Gasteiger partial charge on any atom is -0.598 e. The molecule has 1 N–H and O–H groups in total. The van der Waals surface area contributed by atoms with Crippen LogP contribution < -0.4 is 4.72 Å². The van der Waals surface area contributed by atoms with Crippen molar-refractivity contribution in [3.05, 3.63) is 58.7 Å². The van der Waals surface area contributed by atoms with Crippen molar-refractivity contribution in [2.24, 2.45) is 0 Å². The third kappa shape index (κ3) is 5.80. The van der Waals surface area contributed by atoms with Gasteiger partial charge in [-0.3, -0.25) is 4.79 Å². The van der Waals surface area contributed by atoms with Crippen molar-refractivity contribution in [1.82, 2.24) is 4.72 Å². The molecule has 0 heterocycles. The van der Waals surface area contributed by atoms with Crippen molar-refractivity contribution >= 4 is 17.3 Å². The number of carbonyl (C=O) groups excluding carboxylic acids is 1. The molecule has 0 aliphatic carbocycles. The van der Waals surface area contributed by atoms with Crippen LogP contribution in [-0.4, -0.2) is 21.9 Å². The minimum atomic E-state index is -1.61. The van der Waals surface area contributed by atoms with E-state index >= 15 is 0 Å². The average Bonchev–Trinajstić information content (AvgIpc) is 2.63. The fourth-order valence-electron chi connectivity index (χ4n) is 3.19. The first-order valence-corrected chi connectivity index (χ1v) is 11.0.